The molecule has 0 saturated carbocycles. The molecule has 0 aliphatic heterocycles. The molecule has 148 valence electrons. The van der Waals surface area contributed by atoms with Gasteiger partial charge in [-0.15, -0.1) is 11.3 Å². The predicted octanol–water partition coefficient (Wildman–Crippen LogP) is 3.37. The number of amides is 2. The molecule has 0 saturated heterocycles. The van der Waals surface area contributed by atoms with Crippen molar-refractivity contribution >= 4 is 34.5 Å². The van der Waals surface area contributed by atoms with Crippen molar-refractivity contribution in [1.29, 1.82) is 0 Å². The van der Waals surface area contributed by atoms with E-state index in [1.807, 2.05) is 0 Å². The minimum Gasteiger partial charge on any atom is -0.387 e. The van der Waals surface area contributed by atoms with Crippen LogP contribution in [0.25, 0.3) is 0 Å². The Balaban J connectivity index is 1.64. The fourth-order valence-corrected chi connectivity index (χ4v) is 3.22. The second-order valence-corrected chi connectivity index (χ2v) is 7.00. The maximum atomic E-state index is 12.6. The summed E-state index contributed by atoms with van der Waals surface area (Å²) in [5.41, 5.74) is 0.970. The fourth-order valence-electron chi connectivity index (χ4n) is 2.60. The third-order valence-electron chi connectivity index (χ3n) is 4.11. The van der Waals surface area contributed by atoms with Gasteiger partial charge in [-0.05, 0) is 41.3 Å². The second kappa shape index (κ2) is 9.09. The first kappa shape index (κ1) is 20.2. The third-order valence-corrected chi connectivity index (χ3v) is 4.98. The number of benzene rings is 2. The standard InChI is InChI=1S/C20H17N3O5S/c24-17(13-7-9-14(10-8-13)23(27)28)12-21-19(25)15-4-1-2-5-16(15)22-20(26)18-6-3-11-29-18/h1-11,17,24H,12H2,(H,21,25)(H,22,26). The normalized spacial score (nSPS) is 11.5. The van der Waals surface area contributed by atoms with Gasteiger partial charge in [0.2, 0.25) is 0 Å². The van der Waals surface area contributed by atoms with Crippen molar-refractivity contribution < 1.29 is 19.6 Å². The Bertz CT molecular complexity index is 1020. The molecular formula is C20H17N3O5S. The summed E-state index contributed by atoms with van der Waals surface area (Å²) in [6.45, 7) is -0.0934. The summed E-state index contributed by atoms with van der Waals surface area (Å²) in [7, 11) is 0. The maximum Gasteiger partial charge on any atom is 0.269 e. The van der Waals surface area contributed by atoms with Crippen molar-refractivity contribution in [2.24, 2.45) is 0 Å². The van der Waals surface area contributed by atoms with Crippen LogP contribution in [0.2, 0.25) is 0 Å². The second-order valence-electron chi connectivity index (χ2n) is 6.05. The maximum absolute atomic E-state index is 12.6. The Morgan fingerprint density at radius 1 is 1.03 bits per heavy atom. The van der Waals surface area contributed by atoms with E-state index in [0.29, 0.717) is 16.1 Å². The highest BCUT2D eigenvalue weighted by atomic mass is 32.1. The van der Waals surface area contributed by atoms with Gasteiger partial charge >= 0.3 is 0 Å². The van der Waals surface area contributed by atoms with Gasteiger partial charge in [0.1, 0.15) is 0 Å². The van der Waals surface area contributed by atoms with Gasteiger partial charge in [0.15, 0.2) is 0 Å². The highest BCUT2D eigenvalue weighted by Gasteiger charge is 2.16. The topological polar surface area (TPSA) is 122 Å². The zero-order valence-electron chi connectivity index (χ0n) is 15.1. The van der Waals surface area contributed by atoms with E-state index in [0.717, 1.165) is 0 Å². The van der Waals surface area contributed by atoms with Crippen LogP contribution in [0.1, 0.15) is 31.7 Å². The number of aliphatic hydroxyl groups excluding tert-OH is 1. The summed E-state index contributed by atoms with van der Waals surface area (Å²) >= 11 is 1.29. The van der Waals surface area contributed by atoms with Crippen LogP contribution in [0, 0.1) is 10.1 Å². The summed E-state index contributed by atoms with van der Waals surface area (Å²) in [5, 5.41) is 28.0. The molecule has 2 aromatic carbocycles. The van der Waals surface area contributed by atoms with Gasteiger partial charge in [-0.2, -0.15) is 0 Å². The number of nitrogens with one attached hydrogen (secondary N) is 2. The Labute approximate surface area is 170 Å². The highest BCUT2D eigenvalue weighted by molar-refractivity contribution is 7.12. The Morgan fingerprint density at radius 3 is 2.41 bits per heavy atom. The first-order valence-electron chi connectivity index (χ1n) is 8.60. The summed E-state index contributed by atoms with van der Waals surface area (Å²) in [5.74, 6) is -0.779. The number of hydrogen-bond acceptors (Lipinski definition) is 6. The molecule has 0 spiro atoms. The van der Waals surface area contributed by atoms with Crippen molar-refractivity contribution in [3.05, 3.63) is 92.2 Å². The van der Waals surface area contributed by atoms with E-state index in [1.165, 1.54) is 35.6 Å². The quantitative estimate of drug-likeness (QED) is 0.406. The van der Waals surface area contributed by atoms with Crippen LogP contribution in [0.15, 0.2) is 66.0 Å². The lowest BCUT2D eigenvalue weighted by atomic mass is 10.1. The smallest absolute Gasteiger partial charge is 0.269 e. The van der Waals surface area contributed by atoms with Crippen molar-refractivity contribution in [2.75, 3.05) is 11.9 Å². The number of nitrogens with zero attached hydrogens (tertiary/aromatic N) is 1. The predicted molar refractivity (Wildman–Crippen MR) is 109 cm³/mol. The number of thiophene rings is 1. The molecule has 3 rings (SSSR count). The number of nitro groups is 1. The van der Waals surface area contributed by atoms with Gasteiger partial charge in [0, 0.05) is 18.7 Å². The van der Waals surface area contributed by atoms with Gasteiger partial charge < -0.3 is 15.7 Å². The molecule has 3 aromatic rings. The molecule has 29 heavy (non-hydrogen) atoms. The Hall–Kier alpha value is -3.56. The molecule has 1 atom stereocenters. The van der Waals surface area contributed by atoms with Gasteiger partial charge in [-0.25, -0.2) is 0 Å². The van der Waals surface area contributed by atoms with E-state index in [1.54, 1.807) is 41.8 Å². The lowest BCUT2D eigenvalue weighted by Crippen LogP contribution is -2.29. The van der Waals surface area contributed by atoms with Crippen molar-refractivity contribution in [3.63, 3.8) is 0 Å². The third kappa shape index (κ3) is 5.03. The van der Waals surface area contributed by atoms with E-state index in [-0.39, 0.29) is 23.7 Å². The molecule has 3 N–H and O–H groups in total. The number of aliphatic hydroxyl groups is 1. The number of hydrogen-bond donors (Lipinski definition) is 3. The van der Waals surface area contributed by atoms with Crippen LogP contribution in [0.3, 0.4) is 0 Å². The Morgan fingerprint density at radius 2 is 1.76 bits per heavy atom. The molecule has 0 aliphatic carbocycles. The minimum atomic E-state index is -1.03. The first-order valence-corrected chi connectivity index (χ1v) is 9.48. The number of rotatable bonds is 7. The van der Waals surface area contributed by atoms with E-state index >= 15 is 0 Å². The largest absolute Gasteiger partial charge is 0.387 e. The van der Waals surface area contributed by atoms with Crippen molar-refractivity contribution in [2.45, 2.75) is 6.10 Å². The number of carbonyl (C=O) groups excluding carboxylic acids is 2. The molecule has 9 heteroatoms. The minimum absolute atomic E-state index is 0.0830. The van der Waals surface area contributed by atoms with Crippen LogP contribution >= 0.6 is 11.3 Å². The van der Waals surface area contributed by atoms with Gasteiger partial charge in [-0.1, -0.05) is 18.2 Å². The lowest BCUT2D eigenvalue weighted by molar-refractivity contribution is -0.384. The van der Waals surface area contributed by atoms with Crippen LogP contribution in [-0.2, 0) is 0 Å². The first-order chi connectivity index (χ1) is 14.0. The van der Waals surface area contributed by atoms with Crippen LogP contribution in [-0.4, -0.2) is 28.4 Å². The van der Waals surface area contributed by atoms with Crippen LogP contribution in [0.5, 0.6) is 0 Å². The van der Waals surface area contributed by atoms with Gasteiger partial charge in [-0.3, -0.25) is 19.7 Å². The van der Waals surface area contributed by atoms with Gasteiger partial charge in [0.05, 0.1) is 27.2 Å². The van der Waals surface area contributed by atoms with Crippen LogP contribution < -0.4 is 10.6 Å². The van der Waals surface area contributed by atoms with E-state index < -0.39 is 16.9 Å². The molecule has 1 heterocycles. The molecule has 0 aliphatic rings. The molecule has 1 aromatic heterocycles. The summed E-state index contributed by atoms with van der Waals surface area (Å²) < 4.78 is 0. The summed E-state index contributed by atoms with van der Waals surface area (Å²) in [6.07, 6.45) is -1.03. The fraction of sp³-hybridized carbons (Fsp3) is 0.100. The molecule has 0 fully saturated rings. The molecule has 0 radical (unpaired) electrons. The van der Waals surface area contributed by atoms with Crippen molar-refractivity contribution in [1.82, 2.24) is 5.32 Å². The highest BCUT2D eigenvalue weighted by Crippen LogP contribution is 2.20. The van der Waals surface area contributed by atoms with E-state index in [9.17, 15) is 24.8 Å². The average molecular weight is 411 g/mol. The molecular weight excluding hydrogens is 394 g/mol. The molecule has 2 amide bonds. The van der Waals surface area contributed by atoms with E-state index in [4.69, 9.17) is 0 Å². The Kier molecular flexibility index (Phi) is 6.32. The van der Waals surface area contributed by atoms with Gasteiger partial charge in [0.25, 0.3) is 17.5 Å². The zero-order valence-corrected chi connectivity index (χ0v) is 15.9. The molecule has 8 nitrogen and oxygen atoms in total. The number of nitro benzene ring substituents is 1. The number of carbonyl (C=O) groups is 2. The van der Waals surface area contributed by atoms with Crippen LogP contribution in [0.4, 0.5) is 11.4 Å². The zero-order chi connectivity index (χ0) is 20.8. The van der Waals surface area contributed by atoms with E-state index in [2.05, 4.69) is 10.6 Å². The average Bonchev–Trinajstić information content (AvgIpc) is 3.27. The lowest BCUT2D eigenvalue weighted by Gasteiger charge is -2.14. The number of anilines is 1. The summed E-state index contributed by atoms with van der Waals surface area (Å²) in [4.78, 5) is 35.5. The monoisotopic (exact) mass is 411 g/mol. The molecule has 1 unspecified atom stereocenters. The summed E-state index contributed by atoms with van der Waals surface area (Å²) in [6, 6.07) is 15.4. The number of para-hydroxylation sites is 1. The SMILES string of the molecule is O=C(Nc1ccccc1C(=O)NCC(O)c1ccc([N+](=O)[O-])cc1)c1cccs1. The molecule has 0 bridgehead atoms. The number of non-ortho nitro benzene ring substituents is 1. The van der Waals surface area contributed by atoms with Crippen molar-refractivity contribution in [3.8, 4) is 0 Å².